The van der Waals surface area contributed by atoms with E-state index in [1.807, 2.05) is 37.1 Å². The number of aliphatic imine (C=N–C) groups is 1. The number of hydrogen-bond acceptors (Lipinski definition) is 2. The molecule has 0 radical (unpaired) electrons. The molecule has 0 bridgehead atoms. The summed E-state index contributed by atoms with van der Waals surface area (Å²) in [5.74, 6) is 0.368. The smallest absolute Gasteiger partial charge is 0.119 e. The van der Waals surface area contributed by atoms with Gasteiger partial charge in [0.25, 0.3) is 0 Å². The molecule has 0 aromatic heterocycles. The van der Waals surface area contributed by atoms with Crippen molar-refractivity contribution in [3.05, 3.63) is 35.9 Å². The van der Waals surface area contributed by atoms with Gasteiger partial charge in [-0.2, -0.15) is 0 Å². The van der Waals surface area contributed by atoms with Crippen molar-refractivity contribution >= 4 is 12.0 Å². The third kappa shape index (κ3) is 3.62. The minimum Gasteiger partial charge on any atom is -0.508 e. The van der Waals surface area contributed by atoms with Crippen LogP contribution in [0, 0.1) is 0 Å². The van der Waals surface area contributed by atoms with Gasteiger partial charge in [0.2, 0.25) is 0 Å². The maximum absolute atomic E-state index is 9.83. The molecule has 98 valence electrons. The lowest BCUT2D eigenvalue weighted by molar-refractivity contribution is 0.468. The number of phenols is 1. The van der Waals surface area contributed by atoms with Crippen LogP contribution in [0.15, 0.2) is 29.8 Å². The Balaban J connectivity index is 3.02. The number of aromatic hydroxyl groups is 1. The lowest BCUT2D eigenvalue weighted by Gasteiger charge is -2.11. The predicted octanol–water partition coefficient (Wildman–Crippen LogP) is 3.29. The highest BCUT2D eigenvalue weighted by atomic mass is 16.3. The van der Waals surface area contributed by atoms with Gasteiger partial charge in [-0.1, -0.05) is 19.9 Å². The molecule has 3 nitrogen and oxygen atoms in total. The van der Waals surface area contributed by atoms with Crippen molar-refractivity contribution < 1.29 is 5.11 Å². The Morgan fingerprint density at radius 2 is 1.94 bits per heavy atom. The van der Waals surface area contributed by atoms with Crippen LogP contribution in [-0.2, 0) is 12.8 Å². The Labute approximate surface area is 109 Å². The van der Waals surface area contributed by atoms with Crippen LogP contribution in [0.25, 0.3) is 0 Å². The molecule has 1 N–H and O–H groups in total. The number of rotatable bonds is 6. The van der Waals surface area contributed by atoms with Gasteiger partial charge in [-0.3, -0.25) is 0 Å². The molecule has 0 aliphatic carbocycles. The molecule has 0 saturated carbocycles. The van der Waals surface area contributed by atoms with E-state index in [-0.39, 0.29) is 0 Å². The summed E-state index contributed by atoms with van der Waals surface area (Å²) in [6.45, 7) is 8.55. The number of phenolic OH excluding ortho intramolecular Hbond substituents is 1. The van der Waals surface area contributed by atoms with E-state index >= 15 is 0 Å². The van der Waals surface area contributed by atoms with Gasteiger partial charge in [0.1, 0.15) is 5.75 Å². The molecule has 0 aliphatic rings. The fourth-order valence-electron chi connectivity index (χ4n) is 1.76. The summed E-state index contributed by atoms with van der Waals surface area (Å²) < 4.78 is 0. The highest BCUT2D eigenvalue weighted by molar-refractivity contribution is 5.65. The quantitative estimate of drug-likeness (QED) is 0.475. The first-order valence-corrected chi connectivity index (χ1v) is 6.32. The normalized spacial score (nSPS) is 10.8. The third-order valence-corrected chi connectivity index (χ3v) is 2.85. The molecular formula is C15H22N2O. The topological polar surface area (TPSA) is 35.8 Å². The largest absolute Gasteiger partial charge is 0.508 e. The Morgan fingerprint density at radius 3 is 2.50 bits per heavy atom. The van der Waals surface area contributed by atoms with Gasteiger partial charge in [0.15, 0.2) is 0 Å². The molecule has 1 aromatic rings. The van der Waals surface area contributed by atoms with Crippen LogP contribution >= 0.6 is 0 Å². The lowest BCUT2D eigenvalue weighted by atomic mass is 10.0. The van der Waals surface area contributed by atoms with Crippen molar-refractivity contribution in [1.29, 1.82) is 0 Å². The molecule has 1 rings (SSSR count). The summed E-state index contributed by atoms with van der Waals surface area (Å²) in [6, 6.07) is 3.78. The van der Waals surface area contributed by atoms with Crippen LogP contribution in [0.1, 0.15) is 25.0 Å². The van der Waals surface area contributed by atoms with E-state index in [1.54, 1.807) is 6.34 Å². The van der Waals surface area contributed by atoms with Crippen LogP contribution < -0.4 is 0 Å². The number of benzene rings is 1. The van der Waals surface area contributed by atoms with Crippen LogP contribution in [0.4, 0.5) is 5.69 Å². The van der Waals surface area contributed by atoms with Gasteiger partial charge in [0.05, 0.1) is 12.0 Å². The van der Waals surface area contributed by atoms with Gasteiger partial charge >= 0.3 is 0 Å². The Kier molecular flexibility index (Phi) is 5.43. The highest BCUT2D eigenvalue weighted by Gasteiger charge is 2.06. The second kappa shape index (κ2) is 6.84. The Morgan fingerprint density at radius 1 is 1.28 bits per heavy atom. The highest BCUT2D eigenvalue weighted by Crippen LogP contribution is 2.29. The number of hydrogen-bond donors (Lipinski definition) is 1. The number of likely N-dealkylation sites (N-methyl/N-ethyl adjacent to an activating group) is 1. The number of aryl methyl sites for hydroxylation is 2. The molecule has 0 fully saturated rings. The minimum atomic E-state index is 0.368. The Bertz CT molecular complexity index is 438. The van der Waals surface area contributed by atoms with E-state index in [4.69, 9.17) is 0 Å². The molecule has 0 saturated heterocycles. The SMILES string of the molecule is C=CCN(C)C=Nc1cc(CC)c(O)cc1CC. The average molecular weight is 246 g/mol. The minimum absolute atomic E-state index is 0.368. The summed E-state index contributed by atoms with van der Waals surface area (Å²) >= 11 is 0. The van der Waals surface area contributed by atoms with Crippen LogP contribution in [0.3, 0.4) is 0 Å². The predicted molar refractivity (Wildman–Crippen MR) is 77.8 cm³/mol. The standard InChI is InChI=1S/C15H22N2O/c1-5-8-17(4)11-16-14-9-13(7-3)15(18)10-12(14)6-2/h5,9-11,18H,1,6-8H2,2-4H3. The summed E-state index contributed by atoms with van der Waals surface area (Å²) in [4.78, 5) is 6.45. The van der Waals surface area contributed by atoms with Crippen molar-refractivity contribution in [3.63, 3.8) is 0 Å². The van der Waals surface area contributed by atoms with Crippen LogP contribution in [0.2, 0.25) is 0 Å². The van der Waals surface area contributed by atoms with Gasteiger partial charge < -0.3 is 10.0 Å². The second-order valence-corrected chi connectivity index (χ2v) is 4.29. The van der Waals surface area contributed by atoms with Gasteiger partial charge in [-0.15, -0.1) is 6.58 Å². The van der Waals surface area contributed by atoms with E-state index in [9.17, 15) is 5.11 Å². The zero-order valence-corrected chi connectivity index (χ0v) is 11.5. The monoisotopic (exact) mass is 246 g/mol. The van der Waals surface area contributed by atoms with Crippen molar-refractivity contribution in [2.45, 2.75) is 26.7 Å². The first kappa shape index (κ1) is 14.3. The molecule has 0 amide bonds. The molecule has 0 heterocycles. The Hall–Kier alpha value is -1.77. The average Bonchev–Trinajstić information content (AvgIpc) is 2.37. The van der Waals surface area contributed by atoms with E-state index in [0.717, 1.165) is 36.2 Å². The zero-order chi connectivity index (χ0) is 13.5. The number of nitrogens with zero attached hydrogens (tertiary/aromatic N) is 2. The fourth-order valence-corrected chi connectivity index (χ4v) is 1.76. The zero-order valence-electron chi connectivity index (χ0n) is 11.5. The molecule has 0 atom stereocenters. The second-order valence-electron chi connectivity index (χ2n) is 4.29. The molecule has 18 heavy (non-hydrogen) atoms. The third-order valence-electron chi connectivity index (χ3n) is 2.85. The van der Waals surface area contributed by atoms with Crippen molar-refractivity contribution in [2.75, 3.05) is 13.6 Å². The molecule has 0 spiro atoms. The maximum atomic E-state index is 9.83. The van der Waals surface area contributed by atoms with Crippen LogP contribution in [-0.4, -0.2) is 29.9 Å². The van der Waals surface area contributed by atoms with E-state index in [1.165, 1.54) is 0 Å². The molecule has 1 aromatic carbocycles. The van der Waals surface area contributed by atoms with E-state index < -0.39 is 0 Å². The van der Waals surface area contributed by atoms with Crippen LogP contribution in [0.5, 0.6) is 5.75 Å². The summed E-state index contributed by atoms with van der Waals surface area (Å²) in [5, 5.41) is 9.83. The van der Waals surface area contributed by atoms with Crippen molar-refractivity contribution in [1.82, 2.24) is 4.90 Å². The summed E-state index contributed by atoms with van der Waals surface area (Å²) in [6.07, 6.45) is 5.30. The van der Waals surface area contributed by atoms with E-state index in [0.29, 0.717) is 5.75 Å². The lowest BCUT2D eigenvalue weighted by Crippen LogP contribution is -2.15. The van der Waals surface area contributed by atoms with Gasteiger partial charge in [0, 0.05) is 13.6 Å². The molecular weight excluding hydrogens is 224 g/mol. The van der Waals surface area contributed by atoms with Crippen molar-refractivity contribution in [3.8, 4) is 5.75 Å². The van der Waals surface area contributed by atoms with Gasteiger partial charge in [-0.05, 0) is 36.1 Å². The molecule has 0 unspecified atom stereocenters. The van der Waals surface area contributed by atoms with E-state index in [2.05, 4.69) is 18.5 Å². The summed E-state index contributed by atoms with van der Waals surface area (Å²) in [7, 11) is 1.96. The van der Waals surface area contributed by atoms with Crippen molar-refractivity contribution in [2.24, 2.45) is 4.99 Å². The first-order valence-electron chi connectivity index (χ1n) is 6.32. The summed E-state index contributed by atoms with van der Waals surface area (Å²) in [5.41, 5.74) is 2.93. The molecule has 0 aliphatic heterocycles. The maximum Gasteiger partial charge on any atom is 0.119 e. The fraction of sp³-hybridized carbons (Fsp3) is 0.400. The molecule has 3 heteroatoms. The first-order chi connectivity index (χ1) is 8.62. The van der Waals surface area contributed by atoms with Gasteiger partial charge in [-0.25, -0.2) is 4.99 Å².